The molecule has 15 heteroatoms. The summed E-state index contributed by atoms with van der Waals surface area (Å²) in [6, 6.07) is 2.27. The second kappa shape index (κ2) is 12.6. The number of anilines is 2. The van der Waals surface area contributed by atoms with E-state index in [2.05, 4.69) is 30.9 Å². The summed E-state index contributed by atoms with van der Waals surface area (Å²) in [5, 5.41) is 7.84. The van der Waals surface area contributed by atoms with Crippen LogP contribution in [-0.4, -0.2) is 98.8 Å². The highest BCUT2D eigenvalue weighted by atomic mass is 35.5. The minimum Gasteiger partial charge on any atom is -0.495 e. The Hall–Kier alpha value is -2.78. The van der Waals surface area contributed by atoms with E-state index in [9.17, 15) is 13.2 Å². The molecule has 1 amide bonds. The molecule has 2 atom stereocenters. The van der Waals surface area contributed by atoms with Crippen molar-refractivity contribution in [1.29, 1.82) is 0 Å². The normalized spacial score (nSPS) is 20.5. The van der Waals surface area contributed by atoms with Crippen LogP contribution in [0.1, 0.15) is 29.6 Å². The lowest BCUT2D eigenvalue weighted by molar-refractivity contribution is 0.0658. The fraction of sp³-hybridized carbons (Fsp3) is 0.542. The zero-order valence-corrected chi connectivity index (χ0v) is 23.6. The van der Waals surface area contributed by atoms with Gasteiger partial charge in [0.15, 0.2) is 9.84 Å². The van der Waals surface area contributed by atoms with Crippen molar-refractivity contribution >= 4 is 39.0 Å². The molecule has 0 bridgehead atoms. The predicted molar refractivity (Wildman–Crippen MR) is 145 cm³/mol. The number of amides is 1. The number of carbonyl (C=O) groups excluding carboxylic acids is 1. The summed E-state index contributed by atoms with van der Waals surface area (Å²) in [6.45, 7) is 2.85. The van der Waals surface area contributed by atoms with E-state index >= 15 is 4.39 Å². The van der Waals surface area contributed by atoms with Crippen LogP contribution in [-0.2, 0) is 9.84 Å². The summed E-state index contributed by atoms with van der Waals surface area (Å²) in [4.78, 5) is 23.4. The van der Waals surface area contributed by atoms with Crippen LogP contribution in [0.4, 0.5) is 16.0 Å². The molecule has 1 aromatic heterocycles. The van der Waals surface area contributed by atoms with Gasteiger partial charge in [-0.15, -0.1) is 0 Å². The van der Waals surface area contributed by atoms with Gasteiger partial charge in [-0.05, 0) is 32.4 Å². The van der Waals surface area contributed by atoms with Gasteiger partial charge in [0.2, 0.25) is 11.8 Å². The molecule has 214 valence electrons. The Kier molecular flexibility index (Phi) is 9.43. The molecule has 2 aliphatic rings. The van der Waals surface area contributed by atoms with Crippen LogP contribution >= 0.6 is 11.6 Å². The molecule has 4 rings (SSSR count). The fourth-order valence-electron chi connectivity index (χ4n) is 4.43. The molecular weight excluding hydrogens is 553 g/mol. The molecule has 1 aliphatic carbocycles. The van der Waals surface area contributed by atoms with Crippen molar-refractivity contribution in [3.05, 3.63) is 34.7 Å². The maximum atomic E-state index is 15.0. The number of halogens is 2. The van der Waals surface area contributed by atoms with Crippen LogP contribution in [0.2, 0.25) is 5.02 Å². The highest BCUT2D eigenvalue weighted by Gasteiger charge is 2.30. The number of hydrogen-bond acceptors (Lipinski definition) is 11. The molecule has 2 heterocycles. The number of aromatic nitrogens is 2. The second-order valence-electron chi connectivity index (χ2n) is 9.70. The number of carbonyl (C=O) groups is 1. The number of nitrogens with zero attached hydrogens (tertiary/aromatic N) is 4. The van der Waals surface area contributed by atoms with Gasteiger partial charge in [0.05, 0.1) is 30.4 Å². The molecule has 1 saturated carbocycles. The van der Waals surface area contributed by atoms with Crippen molar-refractivity contribution < 1.29 is 27.1 Å². The van der Waals surface area contributed by atoms with E-state index in [-0.39, 0.29) is 51.9 Å². The highest BCUT2D eigenvalue weighted by Crippen LogP contribution is 2.32. The number of piperazine rings is 1. The van der Waals surface area contributed by atoms with E-state index in [1.54, 1.807) is 5.01 Å². The molecule has 39 heavy (non-hydrogen) atoms. The Morgan fingerprint density at radius 3 is 2.67 bits per heavy atom. The Morgan fingerprint density at radius 1 is 1.23 bits per heavy atom. The third-order valence-electron chi connectivity index (χ3n) is 6.58. The molecule has 12 nitrogen and oxygen atoms in total. The van der Waals surface area contributed by atoms with Crippen LogP contribution in [0.15, 0.2) is 18.3 Å². The van der Waals surface area contributed by atoms with Gasteiger partial charge in [-0.1, -0.05) is 11.6 Å². The summed E-state index contributed by atoms with van der Waals surface area (Å²) in [5.41, 5.74) is 2.78. The first-order valence-corrected chi connectivity index (χ1v) is 15.0. The van der Waals surface area contributed by atoms with Gasteiger partial charge in [-0.25, -0.2) is 22.8 Å². The number of sulfone groups is 1. The lowest BCUT2D eigenvalue weighted by Crippen LogP contribution is -2.52. The molecule has 0 radical (unpaired) electrons. The Bertz CT molecular complexity index is 1290. The summed E-state index contributed by atoms with van der Waals surface area (Å²) in [7, 11) is 0.218. The SMILES string of the molecule is COc1cc(C(=O)NN2CCN(C)CC2)c(F)cc1Nc1ncc(Cl)c(O[C@@H]2CCC[C@H]2NCS(C)(=O)=O)n1. The van der Waals surface area contributed by atoms with E-state index in [0.717, 1.165) is 38.3 Å². The largest absolute Gasteiger partial charge is 0.495 e. The van der Waals surface area contributed by atoms with Crippen molar-refractivity contribution in [2.24, 2.45) is 0 Å². The first-order chi connectivity index (χ1) is 18.5. The van der Waals surface area contributed by atoms with Crippen molar-refractivity contribution in [2.75, 3.05) is 57.8 Å². The van der Waals surface area contributed by atoms with Crippen molar-refractivity contribution in [3.8, 4) is 11.6 Å². The van der Waals surface area contributed by atoms with Crippen LogP contribution in [0.3, 0.4) is 0 Å². The molecule has 1 aliphatic heterocycles. The smallest absolute Gasteiger partial charge is 0.268 e. The summed E-state index contributed by atoms with van der Waals surface area (Å²) in [5.74, 6) is -1.09. The molecular formula is C24H33ClFN7O5S. The van der Waals surface area contributed by atoms with Crippen molar-refractivity contribution in [2.45, 2.75) is 31.4 Å². The second-order valence-corrected chi connectivity index (χ2v) is 12.3. The van der Waals surface area contributed by atoms with Crippen LogP contribution in [0.25, 0.3) is 0 Å². The van der Waals surface area contributed by atoms with Gasteiger partial charge in [0, 0.05) is 44.5 Å². The predicted octanol–water partition coefficient (Wildman–Crippen LogP) is 1.81. The van der Waals surface area contributed by atoms with E-state index in [0.29, 0.717) is 19.5 Å². The zero-order chi connectivity index (χ0) is 28.2. The Balaban J connectivity index is 1.46. The Morgan fingerprint density at radius 2 is 1.97 bits per heavy atom. The molecule has 3 N–H and O–H groups in total. The molecule has 2 fully saturated rings. The lowest BCUT2D eigenvalue weighted by atomic mass is 10.1. The first kappa shape index (κ1) is 29.2. The molecule has 0 unspecified atom stereocenters. The van der Waals surface area contributed by atoms with Crippen LogP contribution in [0, 0.1) is 5.82 Å². The van der Waals surface area contributed by atoms with Gasteiger partial charge in [0.1, 0.15) is 22.7 Å². The van der Waals surface area contributed by atoms with Crippen molar-refractivity contribution in [3.63, 3.8) is 0 Å². The average Bonchev–Trinajstić information content (AvgIpc) is 3.33. The van der Waals surface area contributed by atoms with E-state index in [1.165, 1.54) is 19.4 Å². The highest BCUT2D eigenvalue weighted by molar-refractivity contribution is 7.90. The molecule has 1 aromatic carbocycles. The minimum atomic E-state index is -3.19. The van der Waals surface area contributed by atoms with E-state index in [1.807, 2.05) is 7.05 Å². The van der Waals surface area contributed by atoms with Crippen molar-refractivity contribution in [1.82, 2.24) is 30.6 Å². The Labute approximate surface area is 232 Å². The average molecular weight is 586 g/mol. The maximum absolute atomic E-state index is 15.0. The number of likely N-dealkylation sites (N-methyl/N-ethyl adjacent to an activating group) is 1. The van der Waals surface area contributed by atoms with Gasteiger partial charge >= 0.3 is 0 Å². The number of nitrogens with one attached hydrogen (secondary N) is 3. The van der Waals surface area contributed by atoms with Gasteiger partial charge < -0.3 is 19.7 Å². The topological polar surface area (TPSA) is 138 Å². The minimum absolute atomic E-state index is 0.0698. The van der Waals surface area contributed by atoms with Gasteiger partial charge in [0.25, 0.3) is 5.91 Å². The summed E-state index contributed by atoms with van der Waals surface area (Å²) >= 11 is 6.27. The molecule has 1 saturated heterocycles. The van der Waals surface area contributed by atoms with Gasteiger partial charge in [-0.3, -0.25) is 15.5 Å². The number of benzene rings is 1. The number of ether oxygens (including phenoxy) is 2. The van der Waals surface area contributed by atoms with E-state index in [4.69, 9.17) is 21.1 Å². The first-order valence-electron chi connectivity index (χ1n) is 12.5. The van der Waals surface area contributed by atoms with E-state index < -0.39 is 21.6 Å². The molecule has 0 spiro atoms. The van der Waals surface area contributed by atoms with Gasteiger partial charge in [-0.2, -0.15) is 4.98 Å². The number of hydrogen-bond donors (Lipinski definition) is 3. The number of methoxy groups -OCH3 is 1. The molecule has 2 aromatic rings. The zero-order valence-electron chi connectivity index (χ0n) is 22.0. The lowest BCUT2D eigenvalue weighted by Gasteiger charge is -2.32. The summed E-state index contributed by atoms with van der Waals surface area (Å²) < 4.78 is 49.5. The third kappa shape index (κ3) is 7.88. The van der Waals surface area contributed by atoms with Crippen LogP contribution in [0.5, 0.6) is 11.6 Å². The fourth-order valence-corrected chi connectivity index (χ4v) is 5.09. The number of hydrazine groups is 1. The quantitative estimate of drug-likeness (QED) is 0.376. The summed E-state index contributed by atoms with van der Waals surface area (Å²) in [6.07, 6.45) is 4.47. The van der Waals surface area contributed by atoms with Crippen LogP contribution < -0.4 is 25.5 Å². The number of rotatable bonds is 10. The standard InChI is InChI=1S/C24H33ClFN7O5S/c1-32-7-9-33(10-8-32)31-22(34)15-11-21(37-2)19(12-17(15)26)29-24-27-13-16(25)23(30-24)38-20-6-4-5-18(20)28-14-39(3,35)36/h11-13,18,20,28H,4-10,14H2,1-3H3,(H,31,34)(H,27,29,30)/t18-,20-/m1/s1. The third-order valence-corrected chi connectivity index (χ3v) is 7.53. The maximum Gasteiger partial charge on any atom is 0.268 e. The monoisotopic (exact) mass is 585 g/mol.